The Balaban J connectivity index is 1.86. The van der Waals surface area contributed by atoms with E-state index in [0.29, 0.717) is 18.1 Å². The molecule has 1 aliphatic rings. The Bertz CT molecular complexity index is 555. The zero-order valence-electron chi connectivity index (χ0n) is 13.9. The van der Waals surface area contributed by atoms with Gasteiger partial charge in [-0.1, -0.05) is 17.7 Å². The fourth-order valence-electron chi connectivity index (χ4n) is 2.96. The Morgan fingerprint density at radius 2 is 2.38 bits per heavy atom. The fraction of sp³-hybridized carbons (Fsp3) is 0.588. The summed E-state index contributed by atoms with van der Waals surface area (Å²) in [5, 5.41) is 3.49. The van der Waals surface area contributed by atoms with Crippen LogP contribution in [0.3, 0.4) is 0 Å². The first-order valence-electron chi connectivity index (χ1n) is 8.20. The van der Waals surface area contributed by atoms with Crippen molar-refractivity contribution in [3.8, 4) is 0 Å². The molecular weight excluding hydrogens is 333 g/mol. The minimum absolute atomic E-state index is 0.0426. The number of ether oxygens (including phenoxy) is 1. The van der Waals surface area contributed by atoms with E-state index in [2.05, 4.69) is 10.2 Å². The SMILES string of the molecule is COC(CN)CC(=O)NC1CCCN(Cc2ccc(F)cc2Cl)C1. The molecule has 0 aromatic heterocycles. The van der Waals surface area contributed by atoms with Crippen molar-refractivity contribution in [3.63, 3.8) is 0 Å². The van der Waals surface area contributed by atoms with E-state index >= 15 is 0 Å². The number of likely N-dealkylation sites (tertiary alicyclic amines) is 1. The normalized spacial score (nSPS) is 19.9. The third-order valence-corrected chi connectivity index (χ3v) is 4.64. The summed E-state index contributed by atoms with van der Waals surface area (Å²) in [6, 6.07) is 4.56. The maximum atomic E-state index is 13.1. The lowest BCUT2D eigenvalue weighted by Gasteiger charge is -2.33. The molecule has 0 aliphatic carbocycles. The number of nitrogens with two attached hydrogens (primary N) is 1. The van der Waals surface area contributed by atoms with Gasteiger partial charge < -0.3 is 15.8 Å². The molecule has 1 aromatic rings. The van der Waals surface area contributed by atoms with Crippen LogP contribution >= 0.6 is 11.6 Å². The number of carbonyl (C=O) groups is 1. The topological polar surface area (TPSA) is 67.6 Å². The first kappa shape index (κ1) is 19.1. The van der Waals surface area contributed by atoms with Crippen molar-refractivity contribution in [2.75, 3.05) is 26.7 Å². The maximum Gasteiger partial charge on any atom is 0.222 e. The highest BCUT2D eigenvalue weighted by atomic mass is 35.5. The lowest BCUT2D eigenvalue weighted by Crippen LogP contribution is -2.48. The van der Waals surface area contributed by atoms with E-state index in [0.717, 1.165) is 31.5 Å². The number of amides is 1. The van der Waals surface area contributed by atoms with Crippen LogP contribution < -0.4 is 11.1 Å². The van der Waals surface area contributed by atoms with Crippen molar-refractivity contribution >= 4 is 17.5 Å². The zero-order chi connectivity index (χ0) is 17.5. The average molecular weight is 358 g/mol. The van der Waals surface area contributed by atoms with Gasteiger partial charge in [-0.2, -0.15) is 0 Å². The van der Waals surface area contributed by atoms with Crippen LogP contribution in [-0.2, 0) is 16.1 Å². The molecule has 0 radical (unpaired) electrons. The van der Waals surface area contributed by atoms with Gasteiger partial charge in [-0.25, -0.2) is 4.39 Å². The van der Waals surface area contributed by atoms with Gasteiger partial charge in [0.1, 0.15) is 5.82 Å². The van der Waals surface area contributed by atoms with Gasteiger partial charge in [0.15, 0.2) is 0 Å². The number of piperidine rings is 1. The summed E-state index contributed by atoms with van der Waals surface area (Å²) in [4.78, 5) is 14.3. The zero-order valence-corrected chi connectivity index (χ0v) is 14.7. The van der Waals surface area contributed by atoms with Gasteiger partial charge in [0, 0.05) is 37.8 Å². The molecule has 1 amide bonds. The van der Waals surface area contributed by atoms with Gasteiger partial charge in [0.2, 0.25) is 5.91 Å². The van der Waals surface area contributed by atoms with Crippen molar-refractivity contribution in [1.82, 2.24) is 10.2 Å². The van der Waals surface area contributed by atoms with E-state index < -0.39 is 0 Å². The molecule has 134 valence electrons. The minimum atomic E-state index is -0.333. The second-order valence-electron chi connectivity index (χ2n) is 6.18. The predicted molar refractivity (Wildman–Crippen MR) is 92.3 cm³/mol. The van der Waals surface area contributed by atoms with Crippen molar-refractivity contribution < 1.29 is 13.9 Å². The highest BCUT2D eigenvalue weighted by Gasteiger charge is 2.23. The molecule has 2 rings (SSSR count). The number of hydrogen-bond acceptors (Lipinski definition) is 4. The summed E-state index contributed by atoms with van der Waals surface area (Å²) in [6.45, 7) is 2.65. The summed E-state index contributed by atoms with van der Waals surface area (Å²) in [5.74, 6) is -0.376. The van der Waals surface area contributed by atoms with Crippen LogP contribution in [0.25, 0.3) is 0 Å². The Morgan fingerprint density at radius 3 is 3.04 bits per heavy atom. The average Bonchev–Trinajstić information content (AvgIpc) is 2.55. The monoisotopic (exact) mass is 357 g/mol. The number of carbonyl (C=O) groups excluding carboxylic acids is 1. The molecule has 2 atom stereocenters. The Hall–Kier alpha value is -1.21. The summed E-state index contributed by atoms with van der Waals surface area (Å²) in [7, 11) is 1.56. The van der Waals surface area contributed by atoms with E-state index in [9.17, 15) is 9.18 Å². The van der Waals surface area contributed by atoms with E-state index in [1.165, 1.54) is 12.1 Å². The standard InChI is InChI=1S/C17H25ClFN3O2/c1-24-15(9-20)8-17(23)21-14-3-2-6-22(11-14)10-12-4-5-13(19)7-16(12)18/h4-5,7,14-15H,2-3,6,8-11,20H2,1H3,(H,21,23). The van der Waals surface area contributed by atoms with Gasteiger partial charge in [0.25, 0.3) is 0 Å². The number of benzene rings is 1. The predicted octanol–water partition coefficient (Wildman–Crippen LogP) is 1.92. The molecule has 1 fully saturated rings. The third kappa shape index (κ3) is 5.70. The van der Waals surface area contributed by atoms with Crippen LogP contribution in [0.2, 0.25) is 5.02 Å². The minimum Gasteiger partial charge on any atom is -0.380 e. The first-order valence-corrected chi connectivity index (χ1v) is 8.58. The summed E-state index contributed by atoms with van der Waals surface area (Å²) in [6.07, 6.45) is 1.96. The molecular formula is C17H25ClFN3O2. The summed E-state index contributed by atoms with van der Waals surface area (Å²) < 4.78 is 18.3. The Morgan fingerprint density at radius 1 is 1.58 bits per heavy atom. The third-order valence-electron chi connectivity index (χ3n) is 4.29. The molecule has 1 aromatic carbocycles. The van der Waals surface area contributed by atoms with E-state index in [1.807, 2.05) is 0 Å². The van der Waals surface area contributed by atoms with Gasteiger partial charge >= 0.3 is 0 Å². The molecule has 0 saturated carbocycles. The molecule has 1 aliphatic heterocycles. The Kier molecular flexibility index (Phi) is 7.42. The highest BCUT2D eigenvalue weighted by molar-refractivity contribution is 6.31. The number of rotatable bonds is 7. The van der Waals surface area contributed by atoms with Crippen molar-refractivity contribution in [2.24, 2.45) is 5.73 Å². The lowest BCUT2D eigenvalue weighted by atomic mass is 10.0. The Labute approximate surface area is 147 Å². The number of nitrogens with zero attached hydrogens (tertiary/aromatic N) is 1. The van der Waals surface area contributed by atoms with Gasteiger partial charge in [-0.15, -0.1) is 0 Å². The number of nitrogens with one attached hydrogen (secondary N) is 1. The smallest absolute Gasteiger partial charge is 0.222 e. The van der Waals surface area contributed by atoms with Crippen LogP contribution in [0.4, 0.5) is 4.39 Å². The van der Waals surface area contributed by atoms with Crippen LogP contribution in [0, 0.1) is 5.82 Å². The second kappa shape index (κ2) is 9.32. The van der Waals surface area contributed by atoms with Crippen LogP contribution in [0.5, 0.6) is 0 Å². The van der Waals surface area contributed by atoms with Gasteiger partial charge in [-0.3, -0.25) is 9.69 Å². The molecule has 24 heavy (non-hydrogen) atoms. The van der Waals surface area contributed by atoms with E-state index in [4.69, 9.17) is 22.1 Å². The second-order valence-corrected chi connectivity index (χ2v) is 6.58. The molecule has 7 heteroatoms. The molecule has 1 heterocycles. The molecule has 3 N–H and O–H groups in total. The molecule has 0 bridgehead atoms. The highest BCUT2D eigenvalue weighted by Crippen LogP contribution is 2.21. The van der Waals surface area contributed by atoms with E-state index in [-0.39, 0.29) is 30.3 Å². The van der Waals surface area contributed by atoms with Crippen LogP contribution in [-0.4, -0.2) is 49.7 Å². The van der Waals surface area contributed by atoms with Gasteiger partial charge in [0.05, 0.1) is 12.5 Å². The quantitative estimate of drug-likeness (QED) is 0.782. The molecule has 1 saturated heterocycles. The van der Waals surface area contributed by atoms with Crippen molar-refractivity contribution in [3.05, 3.63) is 34.6 Å². The van der Waals surface area contributed by atoms with Gasteiger partial charge in [-0.05, 0) is 37.1 Å². The number of halogens is 2. The largest absolute Gasteiger partial charge is 0.380 e. The van der Waals surface area contributed by atoms with Crippen molar-refractivity contribution in [2.45, 2.75) is 38.0 Å². The molecule has 2 unspecified atom stereocenters. The maximum absolute atomic E-state index is 13.1. The number of hydrogen-bond donors (Lipinski definition) is 2. The molecule has 0 spiro atoms. The fourth-order valence-corrected chi connectivity index (χ4v) is 3.19. The van der Waals surface area contributed by atoms with Crippen molar-refractivity contribution in [1.29, 1.82) is 0 Å². The van der Waals surface area contributed by atoms with Crippen LogP contribution in [0.15, 0.2) is 18.2 Å². The first-order chi connectivity index (χ1) is 11.5. The van der Waals surface area contributed by atoms with E-state index in [1.54, 1.807) is 13.2 Å². The number of methoxy groups -OCH3 is 1. The molecule has 5 nitrogen and oxygen atoms in total. The summed E-state index contributed by atoms with van der Waals surface area (Å²) >= 11 is 6.10. The summed E-state index contributed by atoms with van der Waals surface area (Å²) in [5.41, 5.74) is 6.44. The van der Waals surface area contributed by atoms with Crippen LogP contribution in [0.1, 0.15) is 24.8 Å². The lowest BCUT2D eigenvalue weighted by molar-refractivity contribution is -0.124.